The summed E-state index contributed by atoms with van der Waals surface area (Å²) < 4.78 is 37.9. The first-order valence-electron chi connectivity index (χ1n) is 9.64. The zero-order chi connectivity index (χ0) is 20.1. The molecule has 1 aliphatic heterocycles. The van der Waals surface area contributed by atoms with Crippen LogP contribution < -0.4 is 10.6 Å². The summed E-state index contributed by atoms with van der Waals surface area (Å²) in [6.45, 7) is 1.52. The van der Waals surface area contributed by atoms with Gasteiger partial charge in [-0.3, -0.25) is 9.79 Å². The van der Waals surface area contributed by atoms with E-state index in [0.29, 0.717) is 17.5 Å². The van der Waals surface area contributed by atoms with Crippen molar-refractivity contribution in [2.75, 3.05) is 20.1 Å². The zero-order valence-corrected chi connectivity index (χ0v) is 19.4. The van der Waals surface area contributed by atoms with Crippen LogP contribution in [-0.2, 0) is 17.5 Å². The maximum absolute atomic E-state index is 12.6. The smallest absolute Gasteiger partial charge is 0.352 e. The second-order valence-corrected chi connectivity index (χ2v) is 8.24. The number of aromatic nitrogens is 1. The summed E-state index contributed by atoms with van der Waals surface area (Å²) in [5.74, 6) is 0.924. The lowest BCUT2D eigenvalue weighted by Gasteiger charge is -2.26. The fourth-order valence-electron chi connectivity index (χ4n) is 3.76. The molecule has 0 spiro atoms. The zero-order valence-electron chi connectivity index (χ0n) is 16.3. The highest BCUT2D eigenvalue weighted by Crippen LogP contribution is 2.30. The molecule has 2 N–H and O–H groups in total. The average Bonchev–Trinajstić information content (AvgIpc) is 3.34. The van der Waals surface area contributed by atoms with E-state index in [9.17, 15) is 18.0 Å². The summed E-state index contributed by atoms with van der Waals surface area (Å²) in [6, 6.07) is 0.0840. The monoisotopic (exact) mass is 545 g/mol. The van der Waals surface area contributed by atoms with Crippen LogP contribution in [0.2, 0.25) is 0 Å². The van der Waals surface area contributed by atoms with Crippen molar-refractivity contribution < 1.29 is 18.0 Å². The third-order valence-electron chi connectivity index (χ3n) is 5.27. The van der Waals surface area contributed by atoms with Gasteiger partial charge in [0.1, 0.15) is 5.01 Å². The van der Waals surface area contributed by atoms with Gasteiger partial charge in [-0.05, 0) is 19.3 Å². The normalized spacial score (nSPS) is 21.0. The van der Waals surface area contributed by atoms with E-state index in [1.807, 2.05) is 4.90 Å². The number of carbonyl (C=O) groups is 1. The maximum atomic E-state index is 12.6. The highest BCUT2D eigenvalue weighted by atomic mass is 127. The lowest BCUT2D eigenvalue weighted by molar-refractivity contribution is -0.140. The van der Waals surface area contributed by atoms with Crippen molar-refractivity contribution in [2.24, 2.45) is 10.9 Å². The van der Waals surface area contributed by atoms with Gasteiger partial charge in [0, 0.05) is 37.5 Å². The highest BCUT2D eigenvalue weighted by Gasteiger charge is 2.34. The largest absolute Gasteiger partial charge is 0.434 e. The number of likely N-dealkylation sites (tertiary alicyclic amines) is 1. The van der Waals surface area contributed by atoms with Crippen molar-refractivity contribution in [1.29, 1.82) is 0 Å². The van der Waals surface area contributed by atoms with Crippen LogP contribution >= 0.6 is 35.3 Å². The van der Waals surface area contributed by atoms with Crippen molar-refractivity contribution >= 4 is 47.2 Å². The van der Waals surface area contributed by atoms with Crippen molar-refractivity contribution in [3.05, 3.63) is 16.1 Å². The van der Waals surface area contributed by atoms with Gasteiger partial charge in [-0.25, -0.2) is 4.98 Å². The number of hydrogen-bond donors (Lipinski definition) is 2. The van der Waals surface area contributed by atoms with Crippen LogP contribution in [0.5, 0.6) is 0 Å². The SMILES string of the molecule is CN=C(NCc1nc(C(F)(F)F)cs1)NC1CCN(C(=O)C2CCCCC2)C1.I. The van der Waals surface area contributed by atoms with Gasteiger partial charge >= 0.3 is 6.18 Å². The molecule has 1 amide bonds. The molecule has 2 fully saturated rings. The number of halogens is 4. The first kappa shape index (κ1) is 24.2. The van der Waals surface area contributed by atoms with E-state index in [0.717, 1.165) is 55.4 Å². The molecule has 6 nitrogen and oxygen atoms in total. The molecule has 1 atom stereocenters. The number of amides is 1. The first-order chi connectivity index (χ1) is 13.4. The van der Waals surface area contributed by atoms with Crippen LogP contribution in [0.15, 0.2) is 10.4 Å². The van der Waals surface area contributed by atoms with E-state index >= 15 is 0 Å². The summed E-state index contributed by atoms with van der Waals surface area (Å²) in [6.07, 6.45) is 1.88. The van der Waals surface area contributed by atoms with Gasteiger partial charge in [0.2, 0.25) is 5.91 Å². The molecule has 1 saturated carbocycles. The molecule has 29 heavy (non-hydrogen) atoms. The standard InChI is InChI=1S/C18H26F3N5OS.HI/c1-22-17(23-9-15-25-14(11-28-15)18(19,20)21)24-13-7-8-26(10-13)16(27)12-5-3-2-4-6-12;/h11-13H,2-10H2,1H3,(H2,22,23,24);1H. The van der Waals surface area contributed by atoms with Crippen molar-refractivity contribution in [3.63, 3.8) is 0 Å². The minimum atomic E-state index is -4.42. The molecule has 1 unspecified atom stereocenters. The number of carbonyl (C=O) groups excluding carboxylic acids is 1. The van der Waals surface area contributed by atoms with E-state index in [1.54, 1.807) is 7.05 Å². The van der Waals surface area contributed by atoms with E-state index in [2.05, 4.69) is 20.6 Å². The van der Waals surface area contributed by atoms with Gasteiger partial charge < -0.3 is 15.5 Å². The van der Waals surface area contributed by atoms with Gasteiger partial charge in [0.15, 0.2) is 11.7 Å². The van der Waals surface area contributed by atoms with Crippen molar-refractivity contribution in [1.82, 2.24) is 20.5 Å². The lowest BCUT2D eigenvalue weighted by atomic mass is 9.88. The Balaban J connectivity index is 0.00000300. The lowest BCUT2D eigenvalue weighted by Crippen LogP contribution is -2.45. The summed E-state index contributed by atoms with van der Waals surface area (Å²) in [5, 5.41) is 7.62. The third kappa shape index (κ3) is 6.69. The Labute approximate surface area is 189 Å². The number of rotatable bonds is 4. The Kier molecular flexibility index (Phi) is 8.98. The van der Waals surface area contributed by atoms with Crippen LogP contribution in [0.1, 0.15) is 49.2 Å². The van der Waals surface area contributed by atoms with E-state index in [4.69, 9.17) is 0 Å². The minimum absolute atomic E-state index is 0. The van der Waals surface area contributed by atoms with E-state index in [-0.39, 0.29) is 48.4 Å². The average molecular weight is 545 g/mol. The van der Waals surface area contributed by atoms with Crippen molar-refractivity contribution in [3.8, 4) is 0 Å². The Hall–Kier alpha value is -1.11. The predicted octanol–water partition coefficient (Wildman–Crippen LogP) is 3.63. The number of nitrogens with zero attached hydrogens (tertiary/aromatic N) is 3. The molecule has 2 aliphatic rings. The van der Waals surface area contributed by atoms with Gasteiger partial charge in [-0.15, -0.1) is 35.3 Å². The molecule has 11 heteroatoms. The molecule has 1 saturated heterocycles. The summed E-state index contributed by atoms with van der Waals surface area (Å²) in [4.78, 5) is 22.3. The number of thiazole rings is 1. The van der Waals surface area contributed by atoms with Crippen LogP contribution in [0.25, 0.3) is 0 Å². The Morgan fingerprint density at radius 3 is 2.66 bits per heavy atom. The molecular weight excluding hydrogens is 518 g/mol. The molecule has 2 heterocycles. The molecule has 164 valence electrons. The topological polar surface area (TPSA) is 69.6 Å². The van der Waals surface area contributed by atoms with Gasteiger partial charge in [-0.2, -0.15) is 13.2 Å². The molecule has 0 radical (unpaired) electrons. The van der Waals surface area contributed by atoms with Crippen LogP contribution in [-0.4, -0.2) is 47.9 Å². The molecule has 0 aromatic carbocycles. The van der Waals surface area contributed by atoms with Crippen LogP contribution in [0.3, 0.4) is 0 Å². The van der Waals surface area contributed by atoms with Gasteiger partial charge in [-0.1, -0.05) is 19.3 Å². The second kappa shape index (κ2) is 10.8. The highest BCUT2D eigenvalue weighted by molar-refractivity contribution is 14.0. The molecule has 1 aliphatic carbocycles. The summed E-state index contributed by atoms with van der Waals surface area (Å²) in [7, 11) is 1.61. The predicted molar refractivity (Wildman–Crippen MR) is 117 cm³/mol. The van der Waals surface area contributed by atoms with E-state index < -0.39 is 11.9 Å². The number of nitrogens with one attached hydrogen (secondary N) is 2. The minimum Gasteiger partial charge on any atom is -0.352 e. The Morgan fingerprint density at radius 2 is 2.03 bits per heavy atom. The molecule has 3 rings (SSSR count). The van der Waals surface area contributed by atoms with Gasteiger partial charge in [0.05, 0.1) is 6.54 Å². The maximum Gasteiger partial charge on any atom is 0.434 e. The molecule has 0 bridgehead atoms. The number of guanidine groups is 1. The Morgan fingerprint density at radius 1 is 1.31 bits per heavy atom. The number of alkyl halides is 3. The number of hydrogen-bond acceptors (Lipinski definition) is 4. The third-order valence-corrected chi connectivity index (χ3v) is 6.12. The van der Waals surface area contributed by atoms with Gasteiger partial charge in [0.25, 0.3) is 0 Å². The van der Waals surface area contributed by atoms with Crippen LogP contribution in [0.4, 0.5) is 13.2 Å². The number of aliphatic imine (C=N–C) groups is 1. The summed E-state index contributed by atoms with van der Waals surface area (Å²) in [5.41, 5.74) is -0.870. The summed E-state index contributed by atoms with van der Waals surface area (Å²) >= 11 is 0.962. The fraction of sp³-hybridized carbons (Fsp3) is 0.722. The van der Waals surface area contributed by atoms with Crippen LogP contribution in [0, 0.1) is 5.92 Å². The fourth-order valence-corrected chi connectivity index (χ4v) is 4.50. The Bertz CT molecular complexity index is 706. The quantitative estimate of drug-likeness (QED) is 0.345. The first-order valence-corrected chi connectivity index (χ1v) is 10.5. The van der Waals surface area contributed by atoms with E-state index in [1.165, 1.54) is 6.42 Å². The van der Waals surface area contributed by atoms with Crippen molar-refractivity contribution in [2.45, 2.75) is 57.3 Å². The second-order valence-electron chi connectivity index (χ2n) is 7.30. The molecule has 1 aromatic heterocycles. The molecular formula is C18H27F3IN5OS. The molecule has 1 aromatic rings.